The summed E-state index contributed by atoms with van der Waals surface area (Å²) in [6.07, 6.45) is 2.10. The molecule has 0 bridgehead atoms. The van der Waals surface area contributed by atoms with Gasteiger partial charge in [0.2, 0.25) is 0 Å². The van der Waals surface area contributed by atoms with Gasteiger partial charge in [-0.15, -0.1) is 35.9 Å². The maximum Gasteiger partial charge on any atom is 4.00 e. The monoisotopic (exact) mass is 677 g/mol. The topological polar surface area (TPSA) is 0 Å². The predicted octanol–water partition coefficient (Wildman–Crippen LogP) is 8.75. The molecule has 0 fully saturated rings. The fourth-order valence-electron chi connectivity index (χ4n) is 4.68. The van der Waals surface area contributed by atoms with Gasteiger partial charge in [0.05, 0.1) is 0 Å². The van der Waals surface area contributed by atoms with Crippen molar-refractivity contribution in [3.8, 4) is 22.3 Å². The van der Waals surface area contributed by atoms with Crippen LogP contribution in [0.3, 0.4) is 0 Å². The molecule has 0 amide bonds. The minimum Gasteiger partial charge on any atom is -0.184 e. The van der Waals surface area contributed by atoms with Gasteiger partial charge in [-0.3, -0.25) is 0 Å². The summed E-state index contributed by atoms with van der Waals surface area (Å²) in [6, 6.07) is 61.2. The van der Waals surface area contributed by atoms with Crippen LogP contribution in [0.4, 0.5) is 0 Å². The largest absolute Gasteiger partial charge is 4.00 e. The Labute approximate surface area is 287 Å². The normalized spacial score (nSPS) is 9.90. The first-order valence-electron chi connectivity index (χ1n) is 12.9. The molecule has 0 atom stereocenters. The second-order valence-corrected chi connectivity index (χ2v) is 8.95. The molecule has 0 heterocycles. The minimum atomic E-state index is 0. The molecule has 0 N–H and O–H groups in total. The molecule has 0 saturated heterocycles. The quantitative estimate of drug-likeness (QED) is 0.111. The summed E-state index contributed by atoms with van der Waals surface area (Å²) in [7, 11) is 0. The maximum absolute atomic E-state index is 3.30. The zero-order chi connectivity index (χ0) is 25.8. The Kier molecular flexibility index (Phi) is 17.6. The third kappa shape index (κ3) is 10.1. The number of hydrogen-bond donors (Lipinski definition) is 0. The van der Waals surface area contributed by atoms with Crippen molar-refractivity contribution < 1.29 is 26.2 Å². The van der Waals surface area contributed by atoms with Crippen LogP contribution in [0, 0.1) is 24.3 Å². The maximum atomic E-state index is 3.30. The predicted molar refractivity (Wildman–Crippen MR) is 182 cm³/mol. The van der Waals surface area contributed by atoms with Crippen molar-refractivity contribution in [1.82, 2.24) is 0 Å². The number of benzene rings is 6. The summed E-state index contributed by atoms with van der Waals surface area (Å²) in [5, 5.41) is 0. The van der Waals surface area contributed by atoms with Gasteiger partial charge in [-0.05, 0) is 23.8 Å². The molecule has 2 aliphatic rings. The van der Waals surface area contributed by atoms with E-state index in [2.05, 4.69) is 97.1 Å². The van der Waals surface area contributed by atoms with Crippen LogP contribution in [-0.2, 0) is 39.0 Å². The summed E-state index contributed by atoms with van der Waals surface area (Å²) in [5.41, 5.74) is 11.0. The molecule has 0 aromatic heterocycles. The summed E-state index contributed by atoms with van der Waals surface area (Å²) in [5.74, 6) is 0. The third-order valence-electron chi connectivity index (χ3n) is 6.45. The fraction of sp³-hybridized carbons (Fsp3) is 0.0526. The van der Waals surface area contributed by atoms with Crippen LogP contribution >= 0.6 is 24.8 Å². The zero-order valence-electron chi connectivity index (χ0n) is 23.6. The molecule has 207 valence electrons. The van der Waals surface area contributed by atoms with Gasteiger partial charge < -0.3 is 0 Å². The van der Waals surface area contributed by atoms with E-state index >= 15 is 0 Å². The second-order valence-electron chi connectivity index (χ2n) is 8.95. The SMILES string of the molecule is Cl.Cl.[SiH3].[Zr+4].[c-]1cccc2c1Cc1ccccc1-2.[c-]1cccc2c1Cc1ccccc1-2.[c-]1ccccc1.[c-]1ccccc1. The fourth-order valence-corrected chi connectivity index (χ4v) is 4.68. The van der Waals surface area contributed by atoms with Crippen molar-refractivity contribution >= 4 is 35.8 Å². The third-order valence-corrected chi connectivity index (χ3v) is 6.45. The van der Waals surface area contributed by atoms with Crippen molar-refractivity contribution in [2.45, 2.75) is 12.8 Å². The van der Waals surface area contributed by atoms with Gasteiger partial charge in [-0.1, -0.05) is 70.8 Å². The van der Waals surface area contributed by atoms with Crippen LogP contribution in [0.5, 0.6) is 0 Å². The van der Waals surface area contributed by atoms with Gasteiger partial charge in [0.15, 0.2) is 0 Å². The molecule has 0 saturated carbocycles. The van der Waals surface area contributed by atoms with E-state index in [4.69, 9.17) is 0 Å². The summed E-state index contributed by atoms with van der Waals surface area (Å²) < 4.78 is 0. The van der Waals surface area contributed by atoms with Crippen LogP contribution in [-0.4, -0.2) is 11.0 Å². The Balaban J connectivity index is 0.000000287. The van der Waals surface area contributed by atoms with Crippen LogP contribution in [0.2, 0.25) is 0 Å². The zero-order valence-corrected chi connectivity index (χ0v) is 29.7. The van der Waals surface area contributed by atoms with Gasteiger partial charge in [-0.25, -0.2) is 0 Å². The average Bonchev–Trinajstić information content (AvgIpc) is 3.59. The molecular weight excluding hydrogens is 647 g/mol. The van der Waals surface area contributed by atoms with Gasteiger partial charge in [0.25, 0.3) is 0 Å². The Morgan fingerprint density at radius 3 is 1.07 bits per heavy atom. The van der Waals surface area contributed by atoms with Gasteiger partial charge >= 0.3 is 26.2 Å². The summed E-state index contributed by atoms with van der Waals surface area (Å²) in [4.78, 5) is 0. The van der Waals surface area contributed by atoms with Crippen molar-refractivity contribution in [2.75, 3.05) is 0 Å². The van der Waals surface area contributed by atoms with Crippen molar-refractivity contribution in [3.05, 3.63) is 192 Å². The first kappa shape index (κ1) is 37.0. The summed E-state index contributed by atoms with van der Waals surface area (Å²) >= 11 is 0. The van der Waals surface area contributed by atoms with E-state index in [1.807, 2.05) is 72.8 Å². The number of rotatable bonds is 0. The number of fused-ring (bicyclic) bond motifs is 6. The van der Waals surface area contributed by atoms with Crippen LogP contribution < -0.4 is 0 Å². The van der Waals surface area contributed by atoms with Crippen LogP contribution in [0.15, 0.2) is 146 Å². The Morgan fingerprint density at radius 1 is 0.381 bits per heavy atom. The van der Waals surface area contributed by atoms with Crippen LogP contribution in [0.25, 0.3) is 22.3 Å². The van der Waals surface area contributed by atoms with Crippen molar-refractivity contribution in [3.63, 3.8) is 0 Å². The van der Waals surface area contributed by atoms with E-state index in [0.717, 1.165) is 12.8 Å². The van der Waals surface area contributed by atoms with E-state index in [9.17, 15) is 0 Å². The molecule has 8 rings (SSSR count). The molecule has 6 aromatic rings. The van der Waals surface area contributed by atoms with Gasteiger partial charge in [-0.2, -0.15) is 132 Å². The standard InChI is InChI=1S/2C13H9.2C6H5.2ClH.H3Si.Zr/c2*1-3-7-12-10(5-1)9-11-6-2-4-8-13(11)12;2*1-2-4-6-5-3-1;;;;/h2*1-5,7-8H,9H2;2*1-5H;2*1H;1H3;/q4*-1;;;;+4. The van der Waals surface area contributed by atoms with E-state index in [0.29, 0.717) is 0 Å². The van der Waals surface area contributed by atoms with E-state index < -0.39 is 0 Å². The molecule has 4 heteroatoms. The van der Waals surface area contributed by atoms with Crippen LogP contribution in [0.1, 0.15) is 22.3 Å². The number of hydrogen-bond acceptors (Lipinski definition) is 0. The van der Waals surface area contributed by atoms with Gasteiger partial charge in [0, 0.05) is 0 Å². The molecule has 2 aliphatic carbocycles. The average molecular weight is 680 g/mol. The second kappa shape index (κ2) is 20.0. The summed E-state index contributed by atoms with van der Waals surface area (Å²) in [6.45, 7) is 0. The molecule has 0 spiro atoms. The number of halogens is 2. The molecule has 0 unspecified atom stereocenters. The van der Waals surface area contributed by atoms with Crippen molar-refractivity contribution in [2.24, 2.45) is 0 Å². The first-order valence-corrected chi connectivity index (χ1v) is 12.9. The van der Waals surface area contributed by atoms with Gasteiger partial charge in [0.1, 0.15) is 0 Å². The van der Waals surface area contributed by atoms with E-state index in [1.54, 1.807) is 0 Å². The van der Waals surface area contributed by atoms with E-state index in [-0.39, 0.29) is 62.0 Å². The molecule has 6 aromatic carbocycles. The Bertz CT molecular complexity index is 1310. The molecular formula is C38H33Cl2SiZr. The minimum absolute atomic E-state index is 0. The molecule has 0 aliphatic heterocycles. The van der Waals surface area contributed by atoms with E-state index in [1.165, 1.54) is 44.5 Å². The Hall–Kier alpha value is -3.00. The molecule has 0 nitrogen and oxygen atoms in total. The Morgan fingerprint density at radius 2 is 0.738 bits per heavy atom. The molecule has 1 radical (unpaired) electrons. The molecule has 42 heavy (non-hydrogen) atoms. The first-order chi connectivity index (χ1) is 18.9. The van der Waals surface area contributed by atoms with Crippen molar-refractivity contribution in [1.29, 1.82) is 0 Å². The smallest absolute Gasteiger partial charge is 0.184 e.